The Morgan fingerprint density at radius 1 is 1.00 bits per heavy atom. The van der Waals surface area contributed by atoms with E-state index in [0.717, 1.165) is 16.0 Å². The minimum absolute atomic E-state index is 0.0174. The molecule has 0 aliphatic carbocycles. The van der Waals surface area contributed by atoms with Crippen molar-refractivity contribution in [2.45, 2.75) is 20.5 Å². The van der Waals surface area contributed by atoms with Crippen molar-refractivity contribution in [3.05, 3.63) is 99.7 Å². The SMILES string of the molecule is Cc1ccc(N2C(=O)NC(=O)/C(=C\c3cc(I)c(OCc4cccc([N+](=O)[O-])c4)c(I)c3)C2=O)cc1C. The van der Waals surface area contributed by atoms with E-state index < -0.39 is 22.8 Å². The lowest BCUT2D eigenvalue weighted by Gasteiger charge is -2.27. The van der Waals surface area contributed by atoms with Crippen LogP contribution in [-0.4, -0.2) is 22.8 Å². The summed E-state index contributed by atoms with van der Waals surface area (Å²) in [5.74, 6) is -0.916. The average Bonchev–Trinajstić information content (AvgIpc) is 2.83. The molecule has 1 saturated heterocycles. The fourth-order valence-electron chi connectivity index (χ4n) is 3.64. The van der Waals surface area contributed by atoms with Gasteiger partial charge in [-0.15, -0.1) is 0 Å². The van der Waals surface area contributed by atoms with Crippen LogP contribution in [0.1, 0.15) is 22.3 Å². The molecule has 0 aromatic heterocycles. The van der Waals surface area contributed by atoms with Gasteiger partial charge in [-0.25, -0.2) is 9.69 Å². The van der Waals surface area contributed by atoms with Crippen molar-refractivity contribution in [2.24, 2.45) is 0 Å². The lowest BCUT2D eigenvalue weighted by atomic mass is 10.1. The Bertz CT molecular complexity index is 1480. The number of carbonyl (C=O) groups is 3. The number of hydrogen-bond acceptors (Lipinski definition) is 6. The molecule has 4 rings (SSSR count). The summed E-state index contributed by atoms with van der Waals surface area (Å²) in [5, 5.41) is 13.2. The van der Waals surface area contributed by atoms with E-state index in [9.17, 15) is 24.5 Å². The van der Waals surface area contributed by atoms with Gasteiger partial charge in [0.25, 0.3) is 17.5 Å². The molecule has 0 atom stereocenters. The number of aryl methyl sites for hydroxylation is 2. The number of halogens is 2. The van der Waals surface area contributed by atoms with Crippen LogP contribution >= 0.6 is 45.2 Å². The van der Waals surface area contributed by atoms with Gasteiger partial charge in [0.15, 0.2) is 0 Å². The first-order valence-corrected chi connectivity index (χ1v) is 13.0. The minimum atomic E-state index is -0.801. The molecule has 188 valence electrons. The van der Waals surface area contributed by atoms with Gasteiger partial charge in [-0.3, -0.25) is 25.0 Å². The van der Waals surface area contributed by atoms with Gasteiger partial charge in [-0.2, -0.15) is 0 Å². The molecule has 9 nitrogen and oxygen atoms in total. The molecule has 1 N–H and O–H groups in total. The monoisotopic (exact) mass is 723 g/mol. The Morgan fingerprint density at radius 2 is 1.70 bits per heavy atom. The zero-order valence-electron chi connectivity index (χ0n) is 19.6. The van der Waals surface area contributed by atoms with Crippen LogP contribution in [0, 0.1) is 31.1 Å². The fourth-order valence-corrected chi connectivity index (χ4v) is 5.77. The Balaban J connectivity index is 1.60. The zero-order chi connectivity index (χ0) is 26.9. The summed E-state index contributed by atoms with van der Waals surface area (Å²) in [6, 6.07) is 14.1. The number of rotatable bonds is 6. The van der Waals surface area contributed by atoms with Gasteiger partial charge >= 0.3 is 6.03 Å². The highest BCUT2D eigenvalue weighted by Crippen LogP contribution is 2.31. The number of non-ortho nitro benzene ring substituents is 1. The van der Waals surface area contributed by atoms with E-state index >= 15 is 0 Å². The van der Waals surface area contributed by atoms with Crippen LogP contribution < -0.4 is 15.0 Å². The van der Waals surface area contributed by atoms with Crippen molar-refractivity contribution >= 4 is 80.5 Å². The molecular formula is C26H19I2N3O6. The molecule has 4 amide bonds. The zero-order valence-corrected chi connectivity index (χ0v) is 23.9. The Morgan fingerprint density at radius 3 is 2.35 bits per heavy atom. The number of nitro benzene ring substituents is 1. The van der Waals surface area contributed by atoms with Crippen molar-refractivity contribution in [1.29, 1.82) is 0 Å². The number of anilines is 1. The van der Waals surface area contributed by atoms with E-state index in [1.807, 2.05) is 19.9 Å². The molecule has 0 radical (unpaired) electrons. The molecular weight excluding hydrogens is 704 g/mol. The van der Waals surface area contributed by atoms with Crippen molar-refractivity contribution in [2.75, 3.05) is 4.90 Å². The largest absolute Gasteiger partial charge is 0.487 e. The van der Waals surface area contributed by atoms with E-state index in [0.29, 0.717) is 29.7 Å². The summed E-state index contributed by atoms with van der Waals surface area (Å²) >= 11 is 4.16. The van der Waals surface area contributed by atoms with Gasteiger partial charge in [0.05, 0.1) is 17.8 Å². The van der Waals surface area contributed by atoms with Crippen molar-refractivity contribution < 1.29 is 24.0 Å². The van der Waals surface area contributed by atoms with Crippen LogP contribution in [0.25, 0.3) is 6.08 Å². The van der Waals surface area contributed by atoms with Gasteiger partial charge in [0.2, 0.25) is 0 Å². The summed E-state index contributed by atoms with van der Waals surface area (Å²) in [6.07, 6.45) is 1.44. The Kier molecular flexibility index (Phi) is 7.92. The number of nitrogens with one attached hydrogen (secondary N) is 1. The number of barbiturate groups is 1. The van der Waals surface area contributed by atoms with Gasteiger partial charge in [-0.05, 0) is 112 Å². The Labute approximate surface area is 239 Å². The highest BCUT2D eigenvalue weighted by molar-refractivity contribution is 14.1. The van der Waals surface area contributed by atoms with Crippen molar-refractivity contribution in [1.82, 2.24) is 5.32 Å². The predicted octanol–water partition coefficient (Wildman–Crippen LogP) is 5.67. The topological polar surface area (TPSA) is 119 Å². The summed E-state index contributed by atoms with van der Waals surface area (Å²) in [4.78, 5) is 49.8. The van der Waals surface area contributed by atoms with E-state index in [-0.39, 0.29) is 17.9 Å². The molecule has 3 aromatic rings. The van der Waals surface area contributed by atoms with E-state index in [1.54, 1.807) is 36.4 Å². The summed E-state index contributed by atoms with van der Waals surface area (Å²) in [6.45, 7) is 3.92. The third kappa shape index (κ3) is 5.82. The van der Waals surface area contributed by atoms with Crippen molar-refractivity contribution in [3.8, 4) is 5.75 Å². The van der Waals surface area contributed by atoms with Gasteiger partial charge in [-0.1, -0.05) is 18.2 Å². The second kappa shape index (κ2) is 11.0. The average molecular weight is 723 g/mol. The van der Waals surface area contributed by atoms with E-state index in [1.165, 1.54) is 18.2 Å². The molecule has 1 aliphatic heterocycles. The minimum Gasteiger partial charge on any atom is -0.487 e. The molecule has 0 spiro atoms. The van der Waals surface area contributed by atoms with E-state index in [2.05, 4.69) is 50.5 Å². The molecule has 0 saturated carbocycles. The molecule has 1 fully saturated rings. The van der Waals surface area contributed by atoms with Gasteiger partial charge < -0.3 is 4.74 Å². The maximum Gasteiger partial charge on any atom is 0.335 e. The van der Waals surface area contributed by atoms with Crippen LogP contribution in [0.4, 0.5) is 16.2 Å². The first-order chi connectivity index (χ1) is 17.5. The number of hydrogen-bond donors (Lipinski definition) is 1. The first kappa shape index (κ1) is 26.7. The highest BCUT2D eigenvalue weighted by Gasteiger charge is 2.37. The summed E-state index contributed by atoms with van der Waals surface area (Å²) in [7, 11) is 0. The van der Waals surface area contributed by atoms with Gasteiger partial charge in [0.1, 0.15) is 17.9 Å². The molecule has 1 heterocycles. The van der Waals surface area contributed by atoms with Crippen LogP contribution in [-0.2, 0) is 16.2 Å². The summed E-state index contributed by atoms with van der Waals surface area (Å²) < 4.78 is 7.36. The maximum atomic E-state index is 13.2. The van der Waals surface area contributed by atoms with Crippen LogP contribution in [0.2, 0.25) is 0 Å². The van der Waals surface area contributed by atoms with E-state index in [4.69, 9.17) is 4.74 Å². The maximum absolute atomic E-state index is 13.2. The number of carbonyl (C=O) groups excluding carboxylic acids is 3. The van der Waals surface area contributed by atoms with Crippen LogP contribution in [0.5, 0.6) is 5.75 Å². The third-order valence-corrected chi connectivity index (χ3v) is 7.29. The molecule has 0 bridgehead atoms. The second-order valence-electron chi connectivity index (χ2n) is 8.26. The molecule has 11 heteroatoms. The van der Waals surface area contributed by atoms with Crippen LogP contribution in [0.3, 0.4) is 0 Å². The first-order valence-electron chi connectivity index (χ1n) is 10.9. The normalized spacial score (nSPS) is 14.6. The molecule has 1 aliphatic rings. The molecule has 37 heavy (non-hydrogen) atoms. The standard InChI is InChI=1S/C26H19I2N3O6/c1-14-6-7-18(8-15(14)2)30-25(33)20(24(32)29-26(30)34)10-17-11-21(27)23(22(28)12-17)37-13-16-4-3-5-19(9-16)31(35)36/h3-12H,13H2,1-2H3,(H,29,32,34)/b20-10+. The Hall–Kier alpha value is -3.33. The molecule has 0 unspecified atom stereocenters. The number of nitro groups is 1. The number of ether oxygens (including phenoxy) is 1. The number of amides is 4. The summed E-state index contributed by atoms with van der Waals surface area (Å²) in [5.41, 5.74) is 3.32. The van der Waals surface area contributed by atoms with Gasteiger partial charge in [0, 0.05) is 12.1 Å². The lowest BCUT2D eigenvalue weighted by molar-refractivity contribution is -0.384. The second-order valence-corrected chi connectivity index (χ2v) is 10.6. The lowest BCUT2D eigenvalue weighted by Crippen LogP contribution is -2.54. The number of benzene rings is 3. The number of imide groups is 2. The third-order valence-electron chi connectivity index (χ3n) is 5.69. The molecule has 3 aromatic carbocycles. The highest BCUT2D eigenvalue weighted by atomic mass is 127. The van der Waals surface area contributed by atoms with Crippen LogP contribution in [0.15, 0.2) is 60.2 Å². The predicted molar refractivity (Wildman–Crippen MR) is 154 cm³/mol. The smallest absolute Gasteiger partial charge is 0.335 e. The van der Waals surface area contributed by atoms with Crippen molar-refractivity contribution in [3.63, 3.8) is 0 Å². The quantitative estimate of drug-likeness (QED) is 0.115. The number of nitrogens with zero attached hydrogens (tertiary/aromatic N) is 2. The number of urea groups is 1. The fraction of sp³-hybridized carbons (Fsp3) is 0.115.